The van der Waals surface area contributed by atoms with Crippen molar-refractivity contribution in [2.24, 2.45) is 5.92 Å². The SMILES string of the molecule is CN1CCC(CCNC(=O)NCC(O)c2ccccc2F)CC1. The number of halogens is 1. The van der Waals surface area contributed by atoms with Crippen molar-refractivity contribution >= 4 is 6.03 Å². The average molecular weight is 323 g/mol. The number of urea groups is 1. The van der Waals surface area contributed by atoms with Crippen LogP contribution in [-0.2, 0) is 0 Å². The lowest BCUT2D eigenvalue weighted by atomic mass is 9.94. The normalized spacial score (nSPS) is 17.7. The molecule has 128 valence electrons. The molecule has 1 aromatic rings. The first kappa shape index (κ1) is 17.7. The predicted octanol–water partition coefficient (Wildman–Crippen LogP) is 1.89. The van der Waals surface area contributed by atoms with Crippen molar-refractivity contribution in [1.29, 1.82) is 0 Å². The number of rotatable bonds is 6. The fraction of sp³-hybridized carbons (Fsp3) is 0.588. The Kier molecular flexibility index (Phi) is 6.80. The van der Waals surface area contributed by atoms with Crippen molar-refractivity contribution in [3.63, 3.8) is 0 Å². The number of piperidine rings is 1. The number of likely N-dealkylation sites (tertiary alicyclic amines) is 1. The van der Waals surface area contributed by atoms with Crippen LogP contribution in [0.15, 0.2) is 24.3 Å². The molecule has 0 spiro atoms. The van der Waals surface area contributed by atoms with Crippen LogP contribution in [0.2, 0.25) is 0 Å². The summed E-state index contributed by atoms with van der Waals surface area (Å²) in [6, 6.07) is 5.70. The number of nitrogens with one attached hydrogen (secondary N) is 2. The van der Waals surface area contributed by atoms with Crippen molar-refractivity contribution < 1.29 is 14.3 Å². The van der Waals surface area contributed by atoms with E-state index in [1.807, 2.05) is 0 Å². The smallest absolute Gasteiger partial charge is 0.314 e. The Morgan fingerprint density at radius 2 is 2.04 bits per heavy atom. The van der Waals surface area contributed by atoms with Crippen molar-refractivity contribution in [3.05, 3.63) is 35.6 Å². The van der Waals surface area contributed by atoms with Crippen molar-refractivity contribution in [3.8, 4) is 0 Å². The maximum absolute atomic E-state index is 13.5. The molecule has 1 saturated heterocycles. The molecule has 23 heavy (non-hydrogen) atoms. The van der Waals surface area contributed by atoms with E-state index in [9.17, 15) is 14.3 Å². The first-order valence-corrected chi connectivity index (χ1v) is 8.19. The highest BCUT2D eigenvalue weighted by Crippen LogP contribution is 2.18. The Hall–Kier alpha value is -1.66. The second kappa shape index (κ2) is 8.84. The van der Waals surface area contributed by atoms with Gasteiger partial charge in [0.2, 0.25) is 0 Å². The quantitative estimate of drug-likeness (QED) is 0.749. The predicted molar refractivity (Wildman–Crippen MR) is 87.6 cm³/mol. The van der Waals surface area contributed by atoms with Gasteiger partial charge >= 0.3 is 6.03 Å². The van der Waals surface area contributed by atoms with Gasteiger partial charge in [-0.3, -0.25) is 0 Å². The van der Waals surface area contributed by atoms with Gasteiger partial charge in [-0.15, -0.1) is 0 Å². The van der Waals surface area contributed by atoms with Crippen LogP contribution in [0.5, 0.6) is 0 Å². The van der Waals surface area contributed by atoms with Gasteiger partial charge in [-0.1, -0.05) is 18.2 Å². The van der Waals surface area contributed by atoms with Gasteiger partial charge in [0.05, 0.1) is 6.10 Å². The van der Waals surface area contributed by atoms with Crippen LogP contribution in [0.1, 0.15) is 30.9 Å². The topological polar surface area (TPSA) is 64.6 Å². The minimum atomic E-state index is -1.05. The average Bonchev–Trinajstić information content (AvgIpc) is 2.55. The second-order valence-corrected chi connectivity index (χ2v) is 6.21. The van der Waals surface area contributed by atoms with Crippen LogP contribution in [0.4, 0.5) is 9.18 Å². The summed E-state index contributed by atoms with van der Waals surface area (Å²) in [4.78, 5) is 14.0. The van der Waals surface area contributed by atoms with Gasteiger partial charge in [0.15, 0.2) is 0 Å². The fourth-order valence-corrected chi connectivity index (χ4v) is 2.85. The number of amides is 2. The van der Waals surface area contributed by atoms with Crippen LogP contribution in [0, 0.1) is 11.7 Å². The number of benzene rings is 1. The summed E-state index contributed by atoms with van der Waals surface area (Å²) in [5.74, 6) is 0.194. The molecular formula is C17H26FN3O2. The van der Waals surface area contributed by atoms with Crippen LogP contribution < -0.4 is 10.6 Å². The molecule has 0 saturated carbocycles. The maximum Gasteiger partial charge on any atom is 0.314 e. The van der Waals surface area contributed by atoms with Gasteiger partial charge in [-0.25, -0.2) is 9.18 Å². The zero-order chi connectivity index (χ0) is 16.7. The largest absolute Gasteiger partial charge is 0.386 e. The minimum Gasteiger partial charge on any atom is -0.386 e. The van der Waals surface area contributed by atoms with Crippen molar-refractivity contribution in [1.82, 2.24) is 15.5 Å². The number of carbonyl (C=O) groups excluding carboxylic acids is 1. The summed E-state index contributed by atoms with van der Waals surface area (Å²) in [5, 5.41) is 15.3. The van der Waals surface area contributed by atoms with Gasteiger partial charge in [0, 0.05) is 18.7 Å². The number of hydrogen-bond acceptors (Lipinski definition) is 3. The zero-order valence-corrected chi connectivity index (χ0v) is 13.6. The molecule has 0 aliphatic carbocycles. The van der Waals surface area contributed by atoms with Crippen LogP contribution in [-0.4, -0.2) is 49.3 Å². The second-order valence-electron chi connectivity index (χ2n) is 6.21. The lowest BCUT2D eigenvalue weighted by Crippen LogP contribution is -2.39. The maximum atomic E-state index is 13.5. The molecule has 2 rings (SSSR count). The standard InChI is InChI=1S/C17H26FN3O2/c1-21-10-7-13(8-11-21)6-9-19-17(23)20-12-16(22)14-4-2-3-5-15(14)18/h2-5,13,16,22H,6-12H2,1H3,(H2,19,20,23). The molecule has 1 heterocycles. The highest BCUT2D eigenvalue weighted by Gasteiger charge is 2.17. The van der Waals surface area contributed by atoms with Gasteiger partial charge in [0.25, 0.3) is 0 Å². The number of carbonyl (C=O) groups is 1. The van der Waals surface area contributed by atoms with E-state index >= 15 is 0 Å². The van der Waals surface area contributed by atoms with Crippen molar-refractivity contribution in [2.75, 3.05) is 33.2 Å². The highest BCUT2D eigenvalue weighted by molar-refractivity contribution is 5.73. The van der Waals surface area contributed by atoms with E-state index in [-0.39, 0.29) is 18.1 Å². The molecule has 5 nitrogen and oxygen atoms in total. The lowest BCUT2D eigenvalue weighted by molar-refractivity contribution is 0.168. The third kappa shape index (κ3) is 5.80. The Balaban J connectivity index is 1.62. The summed E-state index contributed by atoms with van der Waals surface area (Å²) in [7, 11) is 2.13. The first-order chi connectivity index (χ1) is 11.1. The van der Waals surface area contributed by atoms with Crippen LogP contribution in [0.25, 0.3) is 0 Å². The zero-order valence-electron chi connectivity index (χ0n) is 13.6. The van der Waals surface area contributed by atoms with E-state index in [0.717, 1.165) is 19.5 Å². The van der Waals surface area contributed by atoms with Crippen molar-refractivity contribution in [2.45, 2.75) is 25.4 Å². The number of nitrogens with zero attached hydrogens (tertiary/aromatic N) is 1. The molecule has 6 heteroatoms. The van der Waals surface area contributed by atoms with Gasteiger partial charge < -0.3 is 20.6 Å². The number of aliphatic hydroxyl groups is 1. The van der Waals surface area contributed by atoms with Crippen LogP contribution >= 0.6 is 0 Å². The summed E-state index contributed by atoms with van der Waals surface area (Å²) >= 11 is 0. The van der Waals surface area contributed by atoms with E-state index in [4.69, 9.17) is 0 Å². The molecule has 1 atom stereocenters. The van der Waals surface area contributed by atoms with E-state index in [1.54, 1.807) is 12.1 Å². The fourth-order valence-electron chi connectivity index (χ4n) is 2.85. The molecule has 0 aromatic heterocycles. The monoisotopic (exact) mass is 323 g/mol. The van der Waals surface area contributed by atoms with Gasteiger partial charge in [-0.05, 0) is 51.4 Å². The third-order valence-corrected chi connectivity index (χ3v) is 4.40. The van der Waals surface area contributed by atoms with Gasteiger partial charge in [0.1, 0.15) is 5.82 Å². The van der Waals surface area contributed by atoms with E-state index in [0.29, 0.717) is 12.5 Å². The molecule has 1 aromatic carbocycles. The van der Waals surface area contributed by atoms with Gasteiger partial charge in [-0.2, -0.15) is 0 Å². The van der Waals surface area contributed by atoms with Crippen LogP contribution in [0.3, 0.4) is 0 Å². The summed E-state index contributed by atoms with van der Waals surface area (Å²) in [6.07, 6.45) is 2.27. The third-order valence-electron chi connectivity index (χ3n) is 4.40. The molecule has 3 N–H and O–H groups in total. The molecule has 2 amide bonds. The Morgan fingerprint density at radius 3 is 2.74 bits per heavy atom. The van der Waals surface area contributed by atoms with E-state index < -0.39 is 11.9 Å². The molecule has 1 unspecified atom stereocenters. The summed E-state index contributed by atoms with van der Waals surface area (Å²) in [6.45, 7) is 2.84. The molecule has 1 fully saturated rings. The number of aliphatic hydroxyl groups excluding tert-OH is 1. The van der Waals surface area contributed by atoms with E-state index in [2.05, 4.69) is 22.6 Å². The molecule has 1 aliphatic rings. The Labute approximate surface area is 136 Å². The van der Waals surface area contributed by atoms with E-state index in [1.165, 1.54) is 25.0 Å². The molecule has 0 bridgehead atoms. The molecule has 0 radical (unpaired) electrons. The Bertz CT molecular complexity index is 504. The highest BCUT2D eigenvalue weighted by atomic mass is 19.1. The lowest BCUT2D eigenvalue weighted by Gasteiger charge is -2.28. The first-order valence-electron chi connectivity index (χ1n) is 8.19. The number of hydrogen-bond donors (Lipinski definition) is 3. The summed E-state index contributed by atoms with van der Waals surface area (Å²) < 4.78 is 13.5. The summed E-state index contributed by atoms with van der Waals surface area (Å²) in [5.41, 5.74) is 0.194. The molecular weight excluding hydrogens is 297 g/mol. The Morgan fingerprint density at radius 1 is 1.35 bits per heavy atom. The minimum absolute atomic E-state index is 0.0129. The molecule has 1 aliphatic heterocycles.